The number of carbonyl (C=O) groups is 1. The SMILES string of the molecule is COC(=O)c1cccc(-c2ccc([C@H]3[C@H](c4ccccn4)NC(=S)N3c3ccc(NS(C)(=O)=O)c(OC)c3)o2)c1. The molecule has 2 N–H and O–H groups in total. The summed E-state index contributed by atoms with van der Waals surface area (Å²) in [7, 11) is -0.724. The third kappa shape index (κ3) is 5.49. The highest BCUT2D eigenvalue weighted by atomic mass is 32.2. The van der Waals surface area contributed by atoms with Gasteiger partial charge in [-0.3, -0.25) is 9.71 Å². The second-order valence-electron chi connectivity index (χ2n) is 9.03. The second kappa shape index (κ2) is 11.0. The fourth-order valence-electron chi connectivity index (χ4n) is 4.62. The highest BCUT2D eigenvalue weighted by molar-refractivity contribution is 7.92. The van der Waals surface area contributed by atoms with Crippen LogP contribution in [0.4, 0.5) is 11.4 Å². The monoisotopic (exact) mass is 578 g/mol. The molecule has 0 saturated carbocycles. The number of furan rings is 1. The number of benzene rings is 2. The van der Waals surface area contributed by atoms with Crippen molar-refractivity contribution in [3.63, 3.8) is 0 Å². The van der Waals surface area contributed by atoms with Crippen LogP contribution in [-0.4, -0.2) is 45.0 Å². The Kier molecular flexibility index (Phi) is 7.46. The van der Waals surface area contributed by atoms with Crippen LogP contribution in [0.1, 0.15) is 33.9 Å². The number of anilines is 2. The van der Waals surface area contributed by atoms with Gasteiger partial charge in [-0.15, -0.1) is 0 Å². The lowest BCUT2D eigenvalue weighted by molar-refractivity contribution is 0.0600. The van der Waals surface area contributed by atoms with Crippen molar-refractivity contribution in [2.45, 2.75) is 12.1 Å². The molecule has 1 fully saturated rings. The van der Waals surface area contributed by atoms with Gasteiger partial charge in [0, 0.05) is 23.5 Å². The summed E-state index contributed by atoms with van der Waals surface area (Å²) < 4.78 is 42.9. The van der Waals surface area contributed by atoms with E-state index in [9.17, 15) is 13.2 Å². The molecule has 0 unspecified atom stereocenters. The molecule has 2 atom stereocenters. The van der Waals surface area contributed by atoms with Crippen molar-refractivity contribution in [3.8, 4) is 17.1 Å². The van der Waals surface area contributed by atoms with Crippen molar-refractivity contribution in [2.75, 3.05) is 30.1 Å². The number of carbonyl (C=O) groups excluding carboxylic acids is 1. The fourth-order valence-corrected chi connectivity index (χ4v) is 5.53. The first kappa shape index (κ1) is 27.2. The average Bonchev–Trinajstić information content (AvgIpc) is 3.57. The van der Waals surface area contributed by atoms with Crippen LogP contribution in [-0.2, 0) is 14.8 Å². The summed E-state index contributed by atoms with van der Waals surface area (Å²) in [5, 5.41) is 3.79. The highest BCUT2D eigenvalue weighted by Gasteiger charge is 2.43. The van der Waals surface area contributed by atoms with Crippen LogP contribution >= 0.6 is 12.2 Å². The van der Waals surface area contributed by atoms with E-state index in [2.05, 4.69) is 15.0 Å². The van der Waals surface area contributed by atoms with E-state index in [0.29, 0.717) is 44.9 Å². The quantitative estimate of drug-likeness (QED) is 0.225. The first-order valence-corrected chi connectivity index (χ1v) is 14.4. The zero-order valence-corrected chi connectivity index (χ0v) is 23.5. The van der Waals surface area contributed by atoms with E-state index in [4.69, 9.17) is 26.1 Å². The summed E-state index contributed by atoms with van der Waals surface area (Å²) in [6, 6.07) is 20.6. The van der Waals surface area contributed by atoms with Gasteiger partial charge in [0.1, 0.15) is 23.3 Å². The largest absolute Gasteiger partial charge is 0.494 e. The third-order valence-corrected chi connectivity index (χ3v) is 7.25. The maximum atomic E-state index is 12.1. The predicted octanol–water partition coefficient (Wildman–Crippen LogP) is 4.69. The maximum absolute atomic E-state index is 12.1. The summed E-state index contributed by atoms with van der Waals surface area (Å²) in [6.45, 7) is 0. The van der Waals surface area contributed by atoms with Gasteiger partial charge in [0.05, 0.1) is 43.5 Å². The minimum absolute atomic E-state index is 0.301. The Labute approximate surface area is 237 Å². The van der Waals surface area contributed by atoms with Gasteiger partial charge >= 0.3 is 5.97 Å². The van der Waals surface area contributed by atoms with E-state index in [1.807, 2.05) is 41.3 Å². The van der Waals surface area contributed by atoms with E-state index >= 15 is 0 Å². The smallest absolute Gasteiger partial charge is 0.337 e. The number of sulfonamides is 1. The van der Waals surface area contributed by atoms with E-state index in [1.165, 1.54) is 14.2 Å². The molecule has 2 aromatic heterocycles. The van der Waals surface area contributed by atoms with Crippen molar-refractivity contribution in [2.24, 2.45) is 0 Å². The van der Waals surface area contributed by atoms with Crippen LogP contribution in [0.5, 0.6) is 5.75 Å². The Bertz CT molecular complexity index is 1670. The van der Waals surface area contributed by atoms with Crippen LogP contribution in [0.2, 0.25) is 0 Å². The zero-order chi connectivity index (χ0) is 28.4. The van der Waals surface area contributed by atoms with Crippen molar-refractivity contribution in [1.82, 2.24) is 10.3 Å². The topological polar surface area (TPSA) is 123 Å². The minimum Gasteiger partial charge on any atom is -0.494 e. The molecule has 5 rings (SSSR count). The molecule has 206 valence electrons. The predicted molar refractivity (Wildman–Crippen MR) is 155 cm³/mol. The molecule has 4 aromatic rings. The summed E-state index contributed by atoms with van der Waals surface area (Å²) in [5.74, 6) is 1.04. The molecule has 0 aliphatic carbocycles. The normalized spacial score (nSPS) is 16.9. The molecule has 3 heterocycles. The Hall–Kier alpha value is -4.42. The minimum atomic E-state index is -3.52. The van der Waals surface area contributed by atoms with Gasteiger partial charge < -0.3 is 24.1 Å². The number of ether oxygens (including phenoxy) is 2. The molecular weight excluding hydrogens is 552 g/mol. The molecule has 2 aromatic carbocycles. The molecule has 0 radical (unpaired) electrons. The van der Waals surface area contributed by atoms with Gasteiger partial charge in [-0.1, -0.05) is 18.2 Å². The number of nitrogens with one attached hydrogen (secondary N) is 2. The van der Waals surface area contributed by atoms with Crippen LogP contribution in [0.3, 0.4) is 0 Å². The molecule has 10 nitrogen and oxygen atoms in total. The lowest BCUT2D eigenvalue weighted by Crippen LogP contribution is -2.29. The lowest BCUT2D eigenvalue weighted by Gasteiger charge is -2.27. The number of pyridine rings is 1. The summed E-state index contributed by atoms with van der Waals surface area (Å²) in [5.41, 5.74) is 2.83. The molecule has 1 saturated heterocycles. The van der Waals surface area contributed by atoms with E-state index in [1.54, 1.807) is 42.6 Å². The van der Waals surface area contributed by atoms with Crippen LogP contribution in [0.25, 0.3) is 11.3 Å². The summed E-state index contributed by atoms with van der Waals surface area (Å²) in [6.07, 6.45) is 2.78. The average molecular weight is 579 g/mol. The first-order chi connectivity index (χ1) is 19.2. The first-order valence-electron chi connectivity index (χ1n) is 12.1. The Balaban J connectivity index is 1.58. The number of hydrogen-bond donors (Lipinski definition) is 2. The van der Waals surface area contributed by atoms with Gasteiger partial charge in [-0.2, -0.15) is 0 Å². The Morgan fingerprint density at radius 2 is 1.90 bits per heavy atom. The standard InChI is InChI=1S/C28H26N4O6S2/c1-36-24-16-19(10-11-20(24)31-40(3,34)35)32-26(25(30-28(32)39)21-9-4-5-14-29-21)23-13-12-22(38-23)17-7-6-8-18(15-17)27(33)37-2/h4-16,25-26,31H,1-3H3,(H,30,39)/t25-,26-/m0/s1. The van der Waals surface area contributed by atoms with Gasteiger partial charge in [0.15, 0.2) is 5.11 Å². The summed E-state index contributed by atoms with van der Waals surface area (Å²) in [4.78, 5) is 18.5. The van der Waals surface area contributed by atoms with Crippen molar-refractivity contribution >= 4 is 44.7 Å². The number of methoxy groups -OCH3 is 2. The molecule has 40 heavy (non-hydrogen) atoms. The second-order valence-corrected chi connectivity index (χ2v) is 11.2. The van der Waals surface area contributed by atoms with Gasteiger partial charge in [0.25, 0.3) is 0 Å². The third-order valence-electron chi connectivity index (χ3n) is 6.34. The molecular formula is C28H26N4O6S2. The lowest BCUT2D eigenvalue weighted by atomic mass is 10.0. The van der Waals surface area contributed by atoms with Gasteiger partial charge in [-0.25, -0.2) is 13.2 Å². The Morgan fingerprint density at radius 1 is 1.07 bits per heavy atom. The molecule has 12 heteroatoms. The van der Waals surface area contributed by atoms with Gasteiger partial charge in [-0.05, 0) is 60.7 Å². The summed E-state index contributed by atoms with van der Waals surface area (Å²) >= 11 is 5.78. The molecule has 0 amide bonds. The number of esters is 1. The Morgan fingerprint density at radius 3 is 2.60 bits per heavy atom. The van der Waals surface area contributed by atoms with Crippen molar-refractivity contribution in [3.05, 3.63) is 96.0 Å². The number of thiocarbonyl (C=S) groups is 1. The van der Waals surface area contributed by atoms with Crippen molar-refractivity contribution in [1.29, 1.82) is 0 Å². The molecule has 0 spiro atoms. The van der Waals surface area contributed by atoms with Gasteiger partial charge in [0.2, 0.25) is 10.0 Å². The van der Waals surface area contributed by atoms with Crippen LogP contribution in [0.15, 0.2) is 83.4 Å². The molecule has 0 bridgehead atoms. The van der Waals surface area contributed by atoms with E-state index in [0.717, 1.165) is 11.9 Å². The van der Waals surface area contributed by atoms with Crippen molar-refractivity contribution < 1.29 is 27.1 Å². The molecule has 1 aliphatic rings. The van der Waals surface area contributed by atoms with E-state index < -0.39 is 22.0 Å². The fraction of sp³-hybridized carbons (Fsp3) is 0.179. The highest BCUT2D eigenvalue weighted by Crippen LogP contribution is 2.44. The number of aromatic nitrogens is 1. The number of nitrogens with zero attached hydrogens (tertiary/aromatic N) is 2. The van der Waals surface area contributed by atoms with Crippen LogP contribution in [0, 0.1) is 0 Å². The zero-order valence-electron chi connectivity index (χ0n) is 21.8. The van der Waals surface area contributed by atoms with E-state index in [-0.39, 0.29) is 6.04 Å². The molecule has 1 aliphatic heterocycles. The van der Waals surface area contributed by atoms with Crippen LogP contribution < -0.4 is 19.7 Å². The number of rotatable bonds is 8. The number of hydrogen-bond acceptors (Lipinski definition) is 8. The maximum Gasteiger partial charge on any atom is 0.337 e.